The number of aliphatic carboxylic acids is 1. The maximum atomic E-state index is 10.5. The molecule has 1 aromatic rings. The van der Waals surface area contributed by atoms with Crippen LogP contribution in [0, 0.1) is 18.8 Å². The molecule has 4 N–H and O–H groups in total. The van der Waals surface area contributed by atoms with Crippen molar-refractivity contribution in [1.29, 1.82) is 0 Å². The van der Waals surface area contributed by atoms with Crippen molar-refractivity contribution >= 4 is 5.97 Å². The van der Waals surface area contributed by atoms with Gasteiger partial charge in [0.05, 0.1) is 18.3 Å². The van der Waals surface area contributed by atoms with Crippen LogP contribution in [0.5, 0.6) is 0 Å². The van der Waals surface area contributed by atoms with E-state index in [0.717, 1.165) is 36.8 Å². The van der Waals surface area contributed by atoms with E-state index < -0.39 is 24.3 Å². The lowest BCUT2D eigenvalue weighted by Crippen LogP contribution is -2.23. The Kier molecular flexibility index (Phi) is 8.74. The van der Waals surface area contributed by atoms with Gasteiger partial charge in [-0.2, -0.15) is 0 Å². The minimum absolute atomic E-state index is 0.0131. The Hall–Kier alpha value is -1.43. The molecule has 0 bridgehead atoms. The fourth-order valence-corrected chi connectivity index (χ4v) is 4.30. The number of benzene rings is 1. The van der Waals surface area contributed by atoms with Gasteiger partial charge in [0.1, 0.15) is 0 Å². The van der Waals surface area contributed by atoms with E-state index in [4.69, 9.17) is 5.11 Å². The Bertz CT molecular complexity index is 571. The molecule has 1 aliphatic carbocycles. The van der Waals surface area contributed by atoms with Crippen molar-refractivity contribution in [2.75, 3.05) is 0 Å². The Labute approximate surface area is 162 Å². The second kappa shape index (κ2) is 10.8. The molecule has 5 nitrogen and oxygen atoms in total. The molecule has 0 saturated heterocycles. The second-order valence-corrected chi connectivity index (χ2v) is 8.05. The maximum Gasteiger partial charge on any atom is 0.303 e. The Morgan fingerprint density at radius 3 is 2.22 bits per heavy atom. The maximum absolute atomic E-state index is 10.5. The molecule has 27 heavy (non-hydrogen) atoms. The summed E-state index contributed by atoms with van der Waals surface area (Å²) >= 11 is 0. The molecule has 5 heteroatoms. The first-order valence-electron chi connectivity index (χ1n) is 10.2. The van der Waals surface area contributed by atoms with E-state index >= 15 is 0 Å². The number of hydrogen-bond donors (Lipinski definition) is 4. The molecule has 2 rings (SSSR count). The quantitative estimate of drug-likeness (QED) is 0.441. The van der Waals surface area contributed by atoms with E-state index in [1.807, 2.05) is 31.2 Å². The second-order valence-electron chi connectivity index (χ2n) is 8.05. The Morgan fingerprint density at radius 1 is 1.00 bits per heavy atom. The number of rotatable bonds is 11. The van der Waals surface area contributed by atoms with Crippen molar-refractivity contribution in [1.82, 2.24) is 0 Å². The van der Waals surface area contributed by atoms with Crippen molar-refractivity contribution in [3.63, 3.8) is 0 Å². The highest BCUT2D eigenvalue weighted by molar-refractivity contribution is 5.66. The molecule has 0 amide bonds. The average molecular weight is 379 g/mol. The summed E-state index contributed by atoms with van der Waals surface area (Å²) in [6, 6.07) is 7.85. The predicted octanol–water partition coefficient (Wildman–Crippen LogP) is 3.59. The third-order valence-corrected chi connectivity index (χ3v) is 5.94. The van der Waals surface area contributed by atoms with Crippen LogP contribution < -0.4 is 0 Å². The monoisotopic (exact) mass is 378 g/mol. The lowest BCUT2D eigenvalue weighted by Gasteiger charge is -2.24. The minimum Gasteiger partial charge on any atom is -0.481 e. The first-order valence-corrected chi connectivity index (χ1v) is 10.2. The zero-order valence-corrected chi connectivity index (χ0v) is 16.3. The molecule has 0 radical (unpaired) electrons. The average Bonchev–Trinajstić information content (AvgIpc) is 2.89. The molecule has 5 atom stereocenters. The zero-order chi connectivity index (χ0) is 19.8. The molecule has 1 fully saturated rings. The van der Waals surface area contributed by atoms with Gasteiger partial charge in [-0.25, -0.2) is 0 Å². The summed E-state index contributed by atoms with van der Waals surface area (Å²) in [6.07, 6.45) is 4.65. The van der Waals surface area contributed by atoms with Gasteiger partial charge in [-0.1, -0.05) is 49.1 Å². The van der Waals surface area contributed by atoms with E-state index in [0.29, 0.717) is 25.7 Å². The lowest BCUT2D eigenvalue weighted by molar-refractivity contribution is -0.137. The molecule has 2 unspecified atom stereocenters. The van der Waals surface area contributed by atoms with Crippen LogP contribution >= 0.6 is 0 Å². The minimum atomic E-state index is -0.753. The molecule has 1 aliphatic rings. The third-order valence-electron chi connectivity index (χ3n) is 5.94. The summed E-state index contributed by atoms with van der Waals surface area (Å²) in [6.45, 7) is 2.01. The van der Waals surface area contributed by atoms with Crippen molar-refractivity contribution in [2.45, 2.75) is 83.0 Å². The van der Waals surface area contributed by atoms with Gasteiger partial charge in [-0.05, 0) is 56.4 Å². The van der Waals surface area contributed by atoms with Gasteiger partial charge < -0.3 is 20.4 Å². The smallest absolute Gasteiger partial charge is 0.303 e. The van der Waals surface area contributed by atoms with Crippen LogP contribution in [0.2, 0.25) is 0 Å². The first-order chi connectivity index (χ1) is 12.9. The van der Waals surface area contributed by atoms with Crippen LogP contribution in [-0.4, -0.2) is 38.6 Å². The fraction of sp³-hybridized carbons (Fsp3) is 0.682. The number of carboxylic acids is 1. The van der Waals surface area contributed by atoms with Crippen LogP contribution in [0.3, 0.4) is 0 Å². The fourth-order valence-electron chi connectivity index (χ4n) is 4.30. The number of unbranched alkanes of at least 4 members (excludes halogenated alkanes) is 3. The van der Waals surface area contributed by atoms with E-state index in [2.05, 4.69) is 0 Å². The van der Waals surface area contributed by atoms with Crippen LogP contribution in [0.15, 0.2) is 24.3 Å². The van der Waals surface area contributed by atoms with Crippen molar-refractivity contribution < 1.29 is 25.2 Å². The topological polar surface area (TPSA) is 98.0 Å². The zero-order valence-electron chi connectivity index (χ0n) is 16.3. The lowest BCUT2D eigenvalue weighted by atomic mass is 9.84. The SMILES string of the molecule is Cc1ccc(C(O)CCC2[C@H](O)C[C@H](O)[C@@H]2CCCCCCC(=O)O)cc1. The highest BCUT2D eigenvalue weighted by atomic mass is 16.4. The van der Waals surface area contributed by atoms with Crippen molar-refractivity contribution in [2.24, 2.45) is 11.8 Å². The van der Waals surface area contributed by atoms with Gasteiger partial charge in [0, 0.05) is 6.42 Å². The largest absolute Gasteiger partial charge is 0.481 e. The van der Waals surface area contributed by atoms with Gasteiger partial charge in [-0.15, -0.1) is 0 Å². The Balaban J connectivity index is 1.78. The summed E-state index contributed by atoms with van der Waals surface area (Å²) in [4.78, 5) is 10.5. The van der Waals surface area contributed by atoms with Gasteiger partial charge in [0.25, 0.3) is 0 Å². The molecule has 1 aromatic carbocycles. The van der Waals surface area contributed by atoms with E-state index in [1.165, 1.54) is 0 Å². The molecule has 152 valence electrons. The summed E-state index contributed by atoms with van der Waals surface area (Å²) < 4.78 is 0. The van der Waals surface area contributed by atoms with Crippen LogP contribution in [0.4, 0.5) is 0 Å². The van der Waals surface area contributed by atoms with E-state index in [-0.39, 0.29) is 18.3 Å². The highest BCUT2D eigenvalue weighted by Gasteiger charge is 2.40. The normalized spacial score (nSPS) is 26.2. The third kappa shape index (κ3) is 6.91. The standard InChI is InChI=1S/C22H34O5/c1-15-8-10-16(11-9-15)19(23)13-12-18-17(20(24)14-21(18)25)6-4-2-3-5-7-22(26)27/h8-11,17-21,23-25H,2-7,12-14H2,1H3,(H,26,27)/t17-,18?,19?,20+,21-/m1/s1. The van der Waals surface area contributed by atoms with Gasteiger partial charge in [-0.3, -0.25) is 4.79 Å². The van der Waals surface area contributed by atoms with E-state index in [9.17, 15) is 20.1 Å². The molecular weight excluding hydrogens is 344 g/mol. The molecule has 1 saturated carbocycles. The van der Waals surface area contributed by atoms with Crippen LogP contribution in [0.1, 0.15) is 75.0 Å². The molecule has 0 spiro atoms. The van der Waals surface area contributed by atoms with Crippen molar-refractivity contribution in [3.8, 4) is 0 Å². The molecule has 0 aliphatic heterocycles. The number of carboxylic acid groups (broad SMARTS) is 1. The molecule has 0 heterocycles. The first kappa shape index (κ1) is 21.9. The van der Waals surface area contributed by atoms with Crippen LogP contribution in [0.25, 0.3) is 0 Å². The van der Waals surface area contributed by atoms with E-state index in [1.54, 1.807) is 0 Å². The Morgan fingerprint density at radius 2 is 1.59 bits per heavy atom. The summed E-state index contributed by atoms with van der Waals surface area (Å²) in [5, 5.41) is 39.8. The number of hydrogen-bond acceptors (Lipinski definition) is 4. The summed E-state index contributed by atoms with van der Waals surface area (Å²) in [5.74, 6) is -0.680. The van der Waals surface area contributed by atoms with Gasteiger partial charge in [0.15, 0.2) is 0 Å². The molecule has 0 aromatic heterocycles. The number of carbonyl (C=O) groups is 1. The van der Waals surface area contributed by atoms with Gasteiger partial charge in [0.2, 0.25) is 0 Å². The number of aliphatic hydroxyl groups is 3. The predicted molar refractivity (Wildman–Crippen MR) is 104 cm³/mol. The molecular formula is C22H34O5. The summed E-state index contributed by atoms with van der Waals surface area (Å²) in [5.41, 5.74) is 2.05. The number of aliphatic hydroxyl groups excluding tert-OH is 3. The van der Waals surface area contributed by atoms with Gasteiger partial charge >= 0.3 is 5.97 Å². The highest BCUT2D eigenvalue weighted by Crippen LogP contribution is 2.40. The van der Waals surface area contributed by atoms with Crippen LogP contribution in [-0.2, 0) is 4.79 Å². The van der Waals surface area contributed by atoms with Crippen molar-refractivity contribution in [3.05, 3.63) is 35.4 Å². The number of aryl methyl sites for hydroxylation is 1. The summed E-state index contributed by atoms with van der Waals surface area (Å²) in [7, 11) is 0.